The average molecular weight is 459 g/mol. The first-order chi connectivity index (χ1) is 15.3. The third-order valence-corrected chi connectivity index (χ3v) is 5.59. The third kappa shape index (κ3) is 4.49. The summed E-state index contributed by atoms with van der Waals surface area (Å²) in [5, 5.41) is 11.7. The van der Waals surface area contributed by atoms with Crippen LogP contribution < -0.4 is 5.56 Å². The number of ether oxygens (including phenoxy) is 1. The molecule has 168 valence electrons. The largest absolute Gasteiger partial charge is 0.383 e. The Bertz CT molecular complexity index is 1230. The number of benzene rings is 2. The molecule has 0 spiro atoms. The minimum atomic E-state index is -0.634. The van der Waals surface area contributed by atoms with E-state index in [0.29, 0.717) is 23.1 Å². The van der Waals surface area contributed by atoms with Crippen molar-refractivity contribution in [3.8, 4) is 0 Å². The van der Waals surface area contributed by atoms with Gasteiger partial charge in [0.15, 0.2) is 0 Å². The smallest absolute Gasteiger partial charge is 0.288 e. The van der Waals surface area contributed by atoms with Crippen LogP contribution in [0.5, 0.6) is 0 Å². The normalized spacial score (nSPS) is 12.0. The number of hydrogen-bond acceptors (Lipinski definition) is 6. The zero-order valence-corrected chi connectivity index (χ0v) is 18.7. The molecule has 0 saturated carbocycles. The lowest BCUT2D eigenvalue weighted by molar-refractivity contribution is -0.384. The Morgan fingerprint density at radius 3 is 2.69 bits per heavy atom. The Morgan fingerprint density at radius 2 is 2.03 bits per heavy atom. The first-order valence-corrected chi connectivity index (χ1v) is 10.4. The Hall–Kier alpha value is -3.30. The number of fused-ring (bicyclic) bond motifs is 1. The highest BCUT2D eigenvalue weighted by atomic mass is 35.5. The molecular formula is C22H23ClN4O5. The van der Waals surface area contributed by atoms with Crippen molar-refractivity contribution in [3.05, 3.63) is 79.3 Å². The van der Waals surface area contributed by atoms with E-state index in [4.69, 9.17) is 16.3 Å². The number of hydrogen-bond donors (Lipinski definition) is 0. The van der Waals surface area contributed by atoms with E-state index in [1.165, 1.54) is 28.7 Å². The minimum absolute atomic E-state index is 0.0550. The van der Waals surface area contributed by atoms with Crippen molar-refractivity contribution in [1.29, 1.82) is 0 Å². The predicted molar refractivity (Wildman–Crippen MR) is 121 cm³/mol. The number of amides is 1. The molecule has 1 atom stereocenters. The van der Waals surface area contributed by atoms with Crippen molar-refractivity contribution in [2.75, 3.05) is 20.3 Å². The molecule has 1 aromatic heterocycles. The second-order valence-electron chi connectivity index (χ2n) is 7.19. The van der Waals surface area contributed by atoms with E-state index in [1.807, 2.05) is 6.92 Å². The molecule has 2 aromatic carbocycles. The molecule has 0 aliphatic rings. The van der Waals surface area contributed by atoms with Crippen LogP contribution in [0.4, 0.5) is 5.69 Å². The van der Waals surface area contributed by atoms with Gasteiger partial charge in [-0.1, -0.05) is 30.7 Å². The fourth-order valence-electron chi connectivity index (χ4n) is 3.62. The summed E-state index contributed by atoms with van der Waals surface area (Å²) < 4.78 is 6.62. The molecule has 1 unspecified atom stereocenters. The lowest BCUT2D eigenvalue weighted by Gasteiger charge is -2.31. The molecule has 0 aliphatic heterocycles. The topological polar surface area (TPSA) is 108 Å². The maximum atomic E-state index is 13.5. The number of aromatic nitrogens is 2. The molecule has 0 aliphatic carbocycles. The maximum Gasteiger partial charge on any atom is 0.288 e. The fraction of sp³-hybridized carbons (Fsp3) is 0.318. The SMILES string of the molecule is CCC(c1nc2ccccc2c(=O)n1C)N(CCOC)C(=O)c1ccc(Cl)c([N+](=O)[O-])c1. The number of halogens is 1. The fourth-order valence-corrected chi connectivity index (χ4v) is 3.80. The van der Waals surface area contributed by atoms with E-state index in [2.05, 4.69) is 4.98 Å². The van der Waals surface area contributed by atoms with Gasteiger partial charge in [-0.05, 0) is 30.7 Å². The molecular weight excluding hydrogens is 436 g/mol. The Labute approximate surface area is 189 Å². The van der Waals surface area contributed by atoms with Gasteiger partial charge in [0.05, 0.1) is 28.5 Å². The number of nitro groups is 1. The molecule has 0 N–H and O–H groups in total. The van der Waals surface area contributed by atoms with Crippen molar-refractivity contribution in [2.45, 2.75) is 19.4 Å². The minimum Gasteiger partial charge on any atom is -0.383 e. The summed E-state index contributed by atoms with van der Waals surface area (Å²) in [6.45, 7) is 2.32. The number of rotatable bonds is 8. The number of methoxy groups -OCH3 is 1. The van der Waals surface area contributed by atoms with E-state index < -0.39 is 16.9 Å². The lowest BCUT2D eigenvalue weighted by atomic mass is 10.1. The van der Waals surface area contributed by atoms with Gasteiger partial charge < -0.3 is 9.64 Å². The molecule has 0 bridgehead atoms. The van der Waals surface area contributed by atoms with Gasteiger partial charge in [-0.2, -0.15) is 0 Å². The van der Waals surface area contributed by atoms with E-state index in [-0.39, 0.29) is 35.0 Å². The second-order valence-corrected chi connectivity index (χ2v) is 7.60. The molecule has 32 heavy (non-hydrogen) atoms. The van der Waals surface area contributed by atoms with Crippen LogP contribution in [-0.2, 0) is 11.8 Å². The number of carbonyl (C=O) groups is 1. The van der Waals surface area contributed by atoms with Crippen LogP contribution in [0, 0.1) is 10.1 Å². The van der Waals surface area contributed by atoms with Crippen molar-refractivity contribution < 1.29 is 14.5 Å². The van der Waals surface area contributed by atoms with Crippen LogP contribution in [-0.4, -0.2) is 45.5 Å². The van der Waals surface area contributed by atoms with Crippen molar-refractivity contribution in [3.63, 3.8) is 0 Å². The van der Waals surface area contributed by atoms with Crippen LogP contribution in [0.25, 0.3) is 10.9 Å². The lowest BCUT2D eigenvalue weighted by Crippen LogP contribution is -2.40. The van der Waals surface area contributed by atoms with Gasteiger partial charge in [-0.25, -0.2) is 4.98 Å². The highest BCUT2D eigenvalue weighted by Crippen LogP contribution is 2.29. The molecule has 0 fully saturated rings. The zero-order chi connectivity index (χ0) is 23.4. The van der Waals surface area contributed by atoms with E-state index in [1.54, 1.807) is 31.3 Å². The van der Waals surface area contributed by atoms with Gasteiger partial charge >= 0.3 is 0 Å². The van der Waals surface area contributed by atoms with Gasteiger partial charge in [0.1, 0.15) is 10.8 Å². The number of para-hydroxylation sites is 1. The van der Waals surface area contributed by atoms with Crippen molar-refractivity contribution in [2.24, 2.45) is 7.05 Å². The first kappa shape index (κ1) is 23.4. The molecule has 0 radical (unpaired) electrons. The van der Waals surface area contributed by atoms with Crippen molar-refractivity contribution >= 4 is 34.1 Å². The van der Waals surface area contributed by atoms with Crippen LogP contribution in [0.2, 0.25) is 5.02 Å². The van der Waals surface area contributed by atoms with E-state index in [9.17, 15) is 19.7 Å². The van der Waals surface area contributed by atoms with Crippen LogP contribution in [0.15, 0.2) is 47.3 Å². The van der Waals surface area contributed by atoms with Crippen LogP contribution in [0.1, 0.15) is 35.6 Å². The summed E-state index contributed by atoms with van der Waals surface area (Å²) in [6, 6.07) is 10.4. The Morgan fingerprint density at radius 1 is 1.31 bits per heavy atom. The first-order valence-electron chi connectivity index (χ1n) is 9.99. The third-order valence-electron chi connectivity index (χ3n) is 5.27. The van der Waals surface area contributed by atoms with Gasteiger partial charge in [-0.3, -0.25) is 24.3 Å². The highest BCUT2D eigenvalue weighted by molar-refractivity contribution is 6.32. The highest BCUT2D eigenvalue weighted by Gasteiger charge is 2.29. The molecule has 3 rings (SSSR count). The molecule has 3 aromatic rings. The van der Waals surface area contributed by atoms with Crippen LogP contribution in [0.3, 0.4) is 0 Å². The van der Waals surface area contributed by atoms with Gasteiger partial charge in [0, 0.05) is 32.3 Å². The molecule has 9 nitrogen and oxygen atoms in total. The van der Waals surface area contributed by atoms with Gasteiger partial charge in [0.2, 0.25) is 0 Å². The summed E-state index contributed by atoms with van der Waals surface area (Å²) in [4.78, 5) is 43.2. The number of nitrogens with zero attached hydrogens (tertiary/aromatic N) is 4. The summed E-state index contributed by atoms with van der Waals surface area (Å²) in [5.41, 5.74) is 0.0746. The second kappa shape index (κ2) is 9.88. The number of carbonyl (C=O) groups excluding carboxylic acids is 1. The predicted octanol–water partition coefficient (Wildman–Crippen LogP) is 3.74. The summed E-state index contributed by atoms with van der Waals surface area (Å²) in [5.74, 6) is -0.0276. The molecule has 1 heterocycles. The summed E-state index contributed by atoms with van der Waals surface area (Å²) >= 11 is 5.90. The van der Waals surface area contributed by atoms with Gasteiger partial charge in [0.25, 0.3) is 17.2 Å². The molecule has 0 saturated heterocycles. The quantitative estimate of drug-likeness (QED) is 0.376. The molecule has 1 amide bonds. The Balaban J connectivity index is 2.12. The van der Waals surface area contributed by atoms with Crippen molar-refractivity contribution in [1.82, 2.24) is 14.5 Å². The van der Waals surface area contributed by atoms with E-state index >= 15 is 0 Å². The molecule has 10 heteroatoms. The summed E-state index contributed by atoms with van der Waals surface area (Å²) in [6.07, 6.45) is 0.462. The van der Waals surface area contributed by atoms with Gasteiger partial charge in [-0.15, -0.1) is 0 Å². The zero-order valence-electron chi connectivity index (χ0n) is 17.9. The maximum absolute atomic E-state index is 13.5. The van der Waals surface area contributed by atoms with E-state index in [0.717, 1.165) is 6.07 Å². The van der Waals surface area contributed by atoms with Crippen LogP contribution >= 0.6 is 11.6 Å². The summed E-state index contributed by atoms with van der Waals surface area (Å²) in [7, 11) is 3.13. The number of nitro benzene ring substituents is 1. The monoisotopic (exact) mass is 458 g/mol. The average Bonchev–Trinajstić information content (AvgIpc) is 2.79. The standard InChI is InChI=1S/C22H23ClN4O5/c1-4-18(20-24-17-8-6-5-7-15(17)22(29)25(20)2)26(11-12-32-3)21(28)14-9-10-16(23)19(13-14)27(30)31/h5-10,13,18H,4,11-12H2,1-3H3. The Kier molecular flexibility index (Phi) is 7.22.